The van der Waals surface area contributed by atoms with E-state index in [0.717, 1.165) is 19.3 Å². The molecule has 0 radical (unpaired) electrons. The van der Waals surface area contributed by atoms with Crippen molar-refractivity contribution in [3.63, 3.8) is 0 Å². The smallest absolute Gasteiger partial charge is 0.243 e. The average Bonchev–Trinajstić information content (AvgIpc) is 2.57. The molecule has 1 aromatic rings. The van der Waals surface area contributed by atoms with Gasteiger partial charge in [0.25, 0.3) is 0 Å². The van der Waals surface area contributed by atoms with Crippen LogP contribution in [0.15, 0.2) is 23.1 Å². The summed E-state index contributed by atoms with van der Waals surface area (Å²) in [6.45, 7) is 7.22. The Morgan fingerprint density at radius 2 is 1.88 bits per heavy atom. The van der Waals surface area contributed by atoms with Crippen LogP contribution in [0.3, 0.4) is 0 Å². The zero-order valence-corrected chi connectivity index (χ0v) is 16.4. The predicted octanol–water partition coefficient (Wildman–Crippen LogP) is 2.45. The van der Waals surface area contributed by atoms with Gasteiger partial charge in [-0.15, -0.1) is 0 Å². The molecule has 7 heteroatoms. The second-order valence-corrected chi connectivity index (χ2v) is 8.91. The fraction of sp³-hybridized carbons (Fsp3) is 0.611. The van der Waals surface area contributed by atoms with E-state index >= 15 is 0 Å². The molecule has 0 bridgehead atoms. The lowest BCUT2D eigenvalue weighted by molar-refractivity contribution is -0.117. The van der Waals surface area contributed by atoms with Gasteiger partial charge in [0.2, 0.25) is 15.9 Å². The number of piperidine rings is 1. The fourth-order valence-electron chi connectivity index (χ4n) is 2.81. The molecule has 1 aromatic carbocycles. The van der Waals surface area contributed by atoms with Crippen LogP contribution < -0.4 is 5.32 Å². The van der Waals surface area contributed by atoms with E-state index in [9.17, 15) is 13.2 Å². The Morgan fingerprint density at radius 3 is 2.48 bits per heavy atom. The summed E-state index contributed by atoms with van der Waals surface area (Å²) in [5.74, 6) is -0.152. The molecule has 0 aromatic heterocycles. The van der Waals surface area contributed by atoms with Crippen LogP contribution in [-0.4, -0.2) is 56.3 Å². The fourth-order valence-corrected chi connectivity index (χ4v) is 4.58. The molecule has 0 unspecified atom stereocenters. The number of sulfonamides is 1. The molecule has 140 valence electrons. The number of carbonyl (C=O) groups excluding carboxylic acids is 1. The number of benzene rings is 1. The van der Waals surface area contributed by atoms with E-state index < -0.39 is 10.0 Å². The van der Waals surface area contributed by atoms with Crippen LogP contribution in [0.25, 0.3) is 0 Å². The highest BCUT2D eigenvalue weighted by atomic mass is 32.2. The largest absolute Gasteiger partial charge is 0.325 e. The van der Waals surface area contributed by atoms with Gasteiger partial charge in [-0.3, -0.25) is 9.69 Å². The molecule has 2 rings (SSSR count). The first-order valence-corrected chi connectivity index (χ1v) is 10.3. The second-order valence-electron chi connectivity index (χ2n) is 7.00. The Kier molecular flexibility index (Phi) is 6.59. The topological polar surface area (TPSA) is 69.7 Å². The van der Waals surface area contributed by atoms with Gasteiger partial charge in [-0.25, -0.2) is 8.42 Å². The molecule has 0 saturated carbocycles. The number of carbonyl (C=O) groups is 1. The number of hydrogen-bond acceptors (Lipinski definition) is 4. The number of aryl methyl sites for hydroxylation is 1. The van der Waals surface area contributed by atoms with Crippen molar-refractivity contribution in [3.05, 3.63) is 23.8 Å². The summed E-state index contributed by atoms with van der Waals surface area (Å²) in [4.78, 5) is 14.4. The Morgan fingerprint density at radius 1 is 1.24 bits per heavy atom. The standard InChI is InChI=1S/C18H29N3O3S/c1-14(2)20(4)13-18(22)19-16-9-8-15(3)17(12-16)25(23,24)21-10-6-5-7-11-21/h8-9,12,14H,5-7,10-11,13H2,1-4H3,(H,19,22). The van der Waals surface area contributed by atoms with Crippen molar-refractivity contribution in [2.24, 2.45) is 0 Å². The summed E-state index contributed by atoms with van der Waals surface area (Å²) in [5, 5.41) is 2.81. The third-order valence-corrected chi connectivity index (χ3v) is 6.72. The number of likely N-dealkylation sites (N-methyl/N-ethyl adjacent to an activating group) is 1. The van der Waals surface area contributed by atoms with Crippen molar-refractivity contribution >= 4 is 21.6 Å². The van der Waals surface area contributed by atoms with Gasteiger partial charge in [0.15, 0.2) is 0 Å². The third kappa shape index (κ3) is 5.03. The van der Waals surface area contributed by atoms with Gasteiger partial charge in [0.05, 0.1) is 11.4 Å². The van der Waals surface area contributed by atoms with Crippen LogP contribution in [0.2, 0.25) is 0 Å². The average molecular weight is 368 g/mol. The molecule has 1 aliphatic heterocycles. The summed E-state index contributed by atoms with van der Waals surface area (Å²) in [7, 11) is -1.64. The molecule has 0 atom stereocenters. The number of anilines is 1. The van der Waals surface area contributed by atoms with Gasteiger partial charge in [0, 0.05) is 24.8 Å². The highest BCUT2D eigenvalue weighted by molar-refractivity contribution is 7.89. The lowest BCUT2D eigenvalue weighted by Crippen LogP contribution is -2.36. The third-order valence-electron chi connectivity index (χ3n) is 4.68. The minimum atomic E-state index is -3.52. The molecule has 1 amide bonds. The number of nitrogens with zero attached hydrogens (tertiary/aromatic N) is 2. The van der Waals surface area contributed by atoms with E-state index in [2.05, 4.69) is 5.32 Å². The van der Waals surface area contributed by atoms with E-state index in [1.807, 2.05) is 25.8 Å². The molecule has 1 saturated heterocycles. The first-order valence-electron chi connectivity index (χ1n) is 8.82. The van der Waals surface area contributed by atoms with Crippen molar-refractivity contribution in [1.82, 2.24) is 9.21 Å². The number of amides is 1. The van der Waals surface area contributed by atoms with E-state index in [1.54, 1.807) is 29.4 Å². The molecule has 1 fully saturated rings. The normalized spacial score (nSPS) is 16.4. The Balaban J connectivity index is 2.18. The summed E-state index contributed by atoms with van der Waals surface area (Å²) in [6, 6.07) is 5.34. The second kappa shape index (κ2) is 8.29. The van der Waals surface area contributed by atoms with Gasteiger partial charge in [-0.1, -0.05) is 12.5 Å². The summed E-state index contributed by atoms with van der Waals surface area (Å²) >= 11 is 0. The van der Waals surface area contributed by atoms with Crippen LogP contribution in [-0.2, 0) is 14.8 Å². The van der Waals surface area contributed by atoms with Crippen molar-refractivity contribution in [1.29, 1.82) is 0 Å². The van der Waals surface area contributed by atoms with Crippen molar-refractivity contribution in [2.75, 3.05) is 32.0 Å². The van der Waals surface area contributed by atoms with Crippen molar-refractivity contribution in [3.8, 4) is 0 Å². The van der Waals surface area contributed by atoms with Gasteiger partial charge < -0.3 is 5.32 Å². The quantitative estimate of drug-likeness (QED) is 0.838. The van der Waals surface area contributed by atoms with E-state index in [4.69, 9.17) is 0 Å². The lowest BCUT2D eigenvalue weighted by Gasteiger charge is -2.26. The molecule has 1 heterocycles. The highest BCUT2D eigenvalue weighted by Crippen LogP contribution is 2.26. The summed E-state index contributed by atoms with van der Waals surface area (Å²) in [5.41, 5.74) is 1.21. The minimum absolute atomic E-state index is 0.152. The molecule has 1 aliphatic rings. The number of rotatable bonds is 6. The summed E-state index contributed by atoms with van der Waals surface area (Å²) in [6.07, 6.45) is 2.87. The van der Waals surface area contributed by atoms with Crippen LogP contribution in [0.4, 0.5) is 5.69 Å². The lowest BCUT2D eigenvalue weighted by atomic mass is 10.2. The molecular formula is C18H29N3O3S. The minimum Gasteiger partial charge on any atom is -0.325 e. The summed E-state index contributed by atoms with van der Waals surface area (Å²) < 4.78 is 27.4. The van der Waals surface area contributed by atoms with Crippen molar-refractivity contribution in [2.45, 2.75) is 51.0 Å². The SMILES string of the molecule is Cc1ccc(NC(=O)CN(C)C(C)C)cc1S(=O)(=O)N1CCCCC1. The molecule has 0 spiro atoms. The Labute approximate surface area is 151 Å². The van der Waals surface area contributed by atoms with Gasteiger partial charge in [-0.2, -0.15) is 4.31 Å². The van der Waals surface area contributed by atoms with Crippen LogP contribution in [0.1, 0.15) is 38.7 Å². The molecule has 25 heavy (non-hydrogen) atoms. The van der Waals surface area contributed by atoms with Gasteiger partial charge in [0.1, 0.15) is 0 Å². The maximum atomic E-state index is 12.9. The van der Waals surface area contributed by atoms with E-state index in [-0.39, 0.29) is 23.4 Å². The molecule has 6 nitrogen and oxygen atoms in total. The molecular weight excluding hydrogens is 338 g/mol. The first kappa shape index (κ1) is 19.9. The predicted molar refractivity (Wildman–Crippen MR) is 100 cm³/mol. The zero-order valence-electron chi connectivity index (χ0n) is 15.6. The zero-order chi connectivity index (χ0) is 18.6. The highest BCUT2D eigenvalue weighted by Gasteiger charge is 2.27. The molecule has 0 aliphatic carbocycles. The van der Waals surface area contributed by atoms with Gasteiger partial charge >= 0.3 is 0 Å². The van der Waals surface area contributed by atoms with Crippen molar-refractivity contribution < 1.29 is 13.2 Å². The van der Waals surface area contributed by atoms with E-state index in [0.29, 0.717) is 24.3 Å². The Bertz CT molecular complexity index is 710. The maximum absolute atomic E-state index is 12.9. The van der Waals surface area contributed by atoms with Gasteiger partial charge in [-0.05, 0) is 58.4 Å². The maximum Gasteiger partial charge on any atom is 0.243 e. The van der Waals surface area contributed by atoms with Crippen LogP contribution >= 0.6 is 0 Å². The van der Waals surface area contributed by atoms with E-state index in [1.165, 1.54) is 0 Å². The Hall–Kier alpha value is -1.44. The monoisotopic (exact) mass is 367 g/mol. The first-order chi connectivity index (χ1) is 11.7. The van der Waals surface area contributed by atoms with Crippen LogP contribution in [0.5, 0.6) is 0 Å². The number of hydrogen-bond donors (Lipinski definition) is 1. The van der Waals surface area contributed by atoms with Crippen LogP contribution in [0, 0.1) is 6.92 Å². The molecule has 1 N–H and O–H groups in total. The number of nitrogens with one attached hydrogen (secondary N) is 1.